The number of ketones is 1. The molecule has 0 amide bonds. The molecule has 1 rings (SSSR count). The van der Waals surface area contributed by atoms with Gasteiger partial charge in [0, 0.05) is 5.56 Å². The summed E-state index contributed by atoms with van der Waals surface area (Å²) < 4.78 is 10.0. The molecular formula is C14H18O4. The number of esters is 1. The molecule has 0 fully saturated rings. The first-order valence-electron chi connectivity index (χ1n) is 5.80. The van der Waals surface area contributed by atoms with Crippen LogP contribution in [-0.4, -0.2) is 25.5 Å². The molecule has 0 aliphatic carbocycles. The van der Waals surface area contributed by atoms with Crippen LogP contribution in [0, 0.1) is 20.8 Å². The van der Waals surface area contributed by atoms with Gasteiger partial charge in [0.25, 0.3) is 5.78 Å². The van der Waals surface area contributed by atoms with Crippen molar-refractivity contribution in [2.45, 2.75) is 27.7 Å². The number of carbonyl (C=O) groups is 2. The average molecular weight is 250 g/mol. The Morgan fingerprint density at radius 1 is 1.17 bits per heavy atom. The summed E-state index contributed by atoms with van der Waals surface area (Å²) >= 11 is 0. The SMILES string of the molecule is CCOC(=O)C(=O)c1cc(C)c(OC)c(C)c1C. The molecule has 0 aliphatic heterocycles. The first-order chi connectivity index (χ1) is 8.43. The van der Waals surface area contributed by atoms with E-state index in [1.165, 1.54) is 0 Å². The van der Waals surface area contributed by atoms with Crippen molar-refractivity contribution in [3.8, 4) is 5.75 Å². The zero-order valence-corrected chi connectivity index (χ0v) is 11.4. The number of hydrogen-bond acceptors (Lipinski definition) is 4. The van der Waals surface area contributed by atoms with Crippen LogP contribution in [0.2, 0.25) is 0 Å². The summed E-state index contributed by atoms with van der Waals surface area (Å²) in [5.41, 5.74) is 2.82. The summed E-state index contributed by atoms with van der Waals surface area (Å²) in [6, 6.07) is 1.67. The predicted molar refractivity (Wildman–Crippen MR) is 68.2 cm³/mol. The first-order valence-corrected chi connectivity index (χ1v) is 5.80. The second-order valence-electron chi connectivity index (χ2n) is 4.07. The third-order valence-electron chi connectivity index (χ3n) is 2.94. The molecule has 98 valence electrons. The van der Waals surface area contributed by atoms with Crippen molar-refractivity contribution < 1.29 is 19.1 Å². The Kier molecular flexibility index (Phi) is 4.48. The maximum atomic E-state index is 11.9. The van der Waals surface area contributed by atoms with Gasteiger partial charge in [0.05, 0.1) is 13.7 Å². The molecule has 0 spiro atoms. The van der Waals surface area contributed by atoms with Crippen molar-refractivity contribution in [3.05, 3.63) is 28.3 Å². The van der Waals surface area contributed by atoms with Crippen LogP contribution < -0.4 is 4.74 Å². The van der Waals surface area contributed by atoms with Crippen molar-refractivity contribution in [3.63, 3.8) is 0 Å². The topological polar surface area (TPSA) is 52.6 Å². The van der Waals surface area contributed by atoms with Crippen LogP contribution in [0.25, 0.3) is 0 Å². The van der Waals surface area contributed by atoms with E-state index in [1.54, 1.807) is 27.0 Å². The van der Waals surface area contributed by atoms with Gasteiger partial charge in [-0.1, -0.05) is 0 Å². The van der Waals surface area contributed by atoms with Crippen LogP contribution in [0.4, 0.5) is 0 Å². The highest BCUT2D eigenvalue weighted by molar-refractivity contribution is 6.41. The minimum absolute atomic E-state index is 0.192. The second-order valence-corrected chi connectivity index (χ2v) is 4.07. The molecule has 0 heterocycles. The molecule has 1 aromatic carbocycles. The smallest absolute Gasteiger partial charge is 0.379 e. The fourth-order valence-electron chi connectivity index (χ4n) is 1.91. The number of aryl methyl sites for hydroxylation is 1. The predicted octanol–water partition coefficient (Wildman–Crippen LogP) is 2.37. The van der Waals surface area contributed by atoms with Crippen LogP contribution in [0.3, 0.4) is 0 Å². The summed E-state index contributed by atoms with van der Waals surface area (Å²) in [7, 11) is 1.58. The average Bonchev–Trinajstić information content (AvgIpc) is 2.34. The van der Waals surface area contributed by atoms with Crippen molar-refractivity contribution in [1.29, 1.82) is 0 Å². The first kappa shape index (κ1) is 14.2. The molecule has 0 saturated heterocycles. The minimum atomic E-state index is -0.815. The van der Waals surface area contributed by atoms with Crippen LogP contribution in [0.15, 0.2) is 6.07 Å². The van der Waals surface area contributed by atoms with E-state index in [2.05, 4.69) is 0 Å². The molecule has 4 nitrogen and oxygen atoms in total. The Morgan fingerprint density at radius 3 is 2.28 bits per heavy atom. The lowest BCUT2D eigenvalue weighted by atomic mass is 9.96. The molecule has 0 atom stereocenters. The highest BCUT2D eigenvalue weighted by atomic mass is 16.5. The highest BCUT2D eigenvalue weighted by Gasteiger charge is 2.22. The lowest BCUT2D eigenvalue weighted by molar-refractivity contribution is -0.137. The number of benzene rings is 1. The molecule has 0 aliphatic rings. The van der Waals surface area contributed by atoms with E-state index < -0.39 is 11.8 Å². The van der Waals surface area contributed by atoms with Crippen molar-refractivity contribution >= 4 is 11.8 Å². The zero-order chi connectivity index (χ0) is 13.9. The summed E-state index contributed by atoms with van der Waals surface area (Å²) in [4.78, 5) is 23.4. The number of rotatable bonds is 4. The van der Waals surface area contributed by atoms with Gasteiger partial charge in [-0.15, -0.1) is 0 Å². The van der Waals surface area contributed by atoms with Gasteiger partial charge in [0.1, 0.15) is 5.75 Å². The molecule has 18 heavy (non-hydrogen) atoms. The van der Waals surface area contributed by atoms with E-state index in [0.717, 1.165) is 22.4 Å². The van der Waals surface area contributed by atoms with E-state index in [4.69, 9.17) is 9.47 Å². The Hall–Kier alpha value is -1.84. The van der Waals surface area contributed by atoms with Gasteiger partial charge in [0.2, 0.25) is 0 Å². The molecule has 0 radical (unpaired) electrons. The molecule has 0 unspecified atom stereocenters. The molecule has 0 saturated carbocycles. The molecular weight excluding hydrogens is 232 g/mol. The summed E-state index contributed by atoms with van der Waals surface area (Å²) in [6.45, 7) is 7.36. The van der Waals surface area contributed by atoms with E-state index in [0.29, 0.717) is 5.56 Å². The number of carbonyl (C=O) groups excluding carboxylic acids is 2. The number of Topliss-reactive ketones (excluding diaryl/α,β-unsaturated/α-hetero) is 1. The van der Waals surface area contributed by atoms with Gasteiger partial charge in [-0.2, -0.15) is 0 Å². The largest absolute Gasteiger partial charge is 0.496 e. The summed E-state index contributed by atoms with van der Waals surface area (Å²) in [6.07, 6.45) is 0. The molecule has 1 aromatic rings. The van der Waals surface area contributed by atoms with Gasteiger partial charge in [0.15, 0.2) is 0 Å². The van der Waals surface area contributed by atoms with Crippen molar-refractivity contribution in [2.24, 2.45) is 0 Å². The van der Waals surface area contributed by atoms with Crippen LogP contribution in [0.1, 0.15) is 34.0 Å². The van der Waals surface area contributed by atoms with Crippen LogP contribution in [0.5, 0.6) is 5.75 Å². The van der Waals surface area contributed by atoms with Gasteiger partial charge < -0.3 is 9.47 Å². The lowest BCUT2D eigenvalue weighted by Gasteiger charge is -2.14. The minimum Gasteiger partial charge on any atom is -0.496 e. The third kappa shape index (κ3) is 2.53. The number of methoxy groups -OCH3 is 1. The Labute approximate surface area is 107 Å². The highest BCUT2D eigenvalue weighted by Crippen LogP contribution is 2.28. The Bertz CT molecular complexity index is 489. The third-order valence-corrected chi connectivity index (χ3v) is 2.94. The second kappa shape index (κ2) is 5.67. The Morgan fingerprint density at radius 2 is 1.78 bits per heavy atom. The van der Waals surface area contributed by atoms with Gasteiger partial charge in [-0.25, -0.2) is 4.79 Å². The molecule has 4 heteroatoms. The maximum absolute atomic E-state index is 11.9. The quantitative estimate of drug-likeness (QED) is 0.467. The molecule has 0 aromatic heterocycles. The standard InChI is InChI=1S/C14H18O4/c1-6-18-14(16)12(15)11-7-8(2)13(17-5)10(4)9(11)3/h7H,6H2,1-5H3. The van der Waals surface area contributed by atoms with Gasteiger partial charge >= 0.3 is 5.97 Å². The van der Waals surface area contributed by atoms with Crippen molar-refractivity contribution in [2.75, 3.05) is 13.7 Å². The molecule has 0 bridgehead atoms. The normalized spacial score (nSPS) is 10.1. The zero-order valence-electron chi connectivity index (χ0n) is 11.4. The van der Waals surface area contributed by atoms with E-state index in [-0.39, 0.29) is 6.61 Å². The number of hydrogen-bond donors (Lipinski definition) is 0. The Balaban J connectivity index is 3.27. The summed E-state index contributed by atoms with van der Waals surface area (Å²) in [5, 5.41) is 0. The van der Waals surface area contributed by atoms with Crippen molar-refractivity contribution in [1.82, 2.24) is 0 Å². The summed E-state index contributed by atoms with van der Waals surface area (Å²) in [5.74, 6) is -0.680. The van der Waals surface area contributed by atoms with Gasteiger partial charge in [-0.3, -0.25) is 4.79 Å². The van der Waals surface area contributed by atoms with Crippen LogP contribution >= 0.6 is 0 Å². The van der Waals surface area contributed by atoms with Gasteiger partial charge in [-0.05, 0) is 50.5 Å². The number of ether oxygens (including phenoxy) is 2. The van der Waals surface area contributed by atoms with Crippen LogP contribution in [-0.2, 0) is 9.53 Å². The van der Waals surface area contributed by atoms with E-state index in [1.807, 2.05) is 13.8 Å². The fourth-order valence-corrected chi connectivity index (χ4v) is 1.91. The fraction of sp³-hybridized carbons (Fsp3) is 0.429. The maximum Gasteiger partial charge on any atom is 0.379 e. The monoisotopic (exact) mass is 250 g/mol. The van der Waals surface area contributed by atoms with E-state index >= 15 is 0 Å². The van der Waals surface area contributed by atoms with E-state index in [9.17, 15) is 9.59 Å². The lowest BCUT2D eigenvalue weighted by Crippen LogP contribution is -2.19. The molecule has 0 N–H and O–H groups in total.